The van der Waals surface area contributed by atoms with E-state index in [1.54, 1.807) is 0 Å². The molecule has 0 spiro atoms. The Balaban J connectivity index is -0.000000108. The van der Waals surface area contributed by atoms with Crippen LogP contribution in [-0.2, 0) is 9.59 Å². The Morgan fingerprint density at radius 3 is 1.82 bits per heavy atom. The molecule has 0 aliphatic rings. The monoisotopic (exact) mass is 258 g/mol. The topological polar surface area (TPSA) is 94.8 Å². The second-order valence-electron chi connectivity index (χ2n) is 3.57. The average molecular weight is 258 g/mol. The predicted octanol–water partition coefficient (Wildman–Crippen LogP) is -1.00. The minimum atomic E-state index is -1.23. The molecule has 0 aromatic heterocycles. The van der Waals surface area contributed by atoms with Crippen LogP contribution in [0.5, 0.6) is 0 Å². The molecule has 0 bridgehead atoms. The third-order valence-corrected chi connectivity index (χ3v) is 1.85. The van der Waals surface area contributed by atoms with Gasteiger partial charge in [-0.3, -0.25) is 4.79 Å². The Bertz CT molecular complexity index is 200. The third-order valence-electron chi connectivity index (χ3n) is 1.85. The van der Waals surface area contributed by atoms with Gasteiger partial charge in [-0.15, -0.1) is 0 Å². The van der Waals surface area contributed by atoms with Crippen molar-refractivity contribution in [1.82, 2.24) is 0 Å². The van der Waals surface area contributed by atoms with E-state index in [0.29, 0.717) is 6.42 Å². The number of unbranched alkanes of at least 4 members (excludes halogenated alkanes) is 4. The molecule has 17 heavy (non-hydrogen) atoms. The van der Waals surface area contributed by atoms with E-state index in [1.807, 2.05) is 0 Å². The Morgan fingerprint density at radius 1 is 1.12 bits per heavy atom. The van der Waals surface area contributed by atoms with Gasteiger partial charge >= 0.3 is 41.5 Å². The maximum absolute atomic E-state index is 10.0. The van der Waals surface area contributed by atoms with Gasteiger partial charge in [-0.2, -0.15) is 0 Å². The Hall–Kier alpha value is -0.100. The minimum absolute atomic E-state index is 0. The number of aliphatic hydroxyl groups is 1. The standard InChI is InChI=1S/C8H16O2.C3H6O3.Na.H/c1-2-3-4-5-6-7-8(9)10;1-2(4)3(5)6;;/h2-7H2,1H3,(H,9,10);2,4H,1H3,(H,5,6);;/q;;+1;-1. The van der Waals surface area contributed by atoms with Crippen LogP contribution in [0.15, 0.2) is 0 Å². The SMILES string of the molecule is CC(O)C(=O)O.CCCCCCCC(=O)O.[H-].[Na+]. The summed E-state index contributed by atoms with van der Waals surface area (Å²) in [5.74, 6) is -1.86. The van der Waals surface area contributed by atoms with Crippen LogP contribution in [-0.4, -0.2) is 33.4 Å². The molecule has 0 aromatic rings. The zero-order valence-electron chi connectivity index (χ0n) is 12.0. The van der Waals surface area contributed by atoms with Gasteiger partial charge in [-0.05, 0) is 13.3 Å². The molecular formula is C11H23NaO5. The average Bonchev–Trinajstić information content (AvgIpc) is 2.18. The molecule has 98 valence electrons. The number of carbonyl (C=O) groups is 2. The van der Waals surface area contributed by atoms with Gasteiger partial charge in [0, 0.05) is 6.42 Å². The fourth-order valence-corrected chi connectivity index (χ4v) is 0.880. The summed E-state index contributed by atoms with van der Waals surface area (Å²) in [5, 5.41) is 24.0. The Kier molecular flexibility index (Phi) is 20.7. The van der Waals surface area contributed by atoms with Gasteiger partial charge in [0.2, 0.25) is 0 Å². The molecule has 0 radical (unpaired) electrons. The van der Waals surface area contributed by atoms with Crippen molar-refractivity contribution in [2.75, 3.05) is 0 Å². The number of carboxylic acid groups (broad SMARTS) is 2. The fraction of sp³-hybridized carbons (Fsp3) is 0.818. The molecule has 5 nitrogen and oxygen atoms in total. The van der Waals surface area contributed by atoms with Crippen molar-refractivity contribution in [2.45, 2.75) is 58.5 Å². The molecule has 1 unspecified atom stereocenters. The largest absolute Gasteiger partial charge is 1.00 e. The van der Waals surface area contributed by atoms with E-state index in [0.717, 1.165) is 12.8 Å². The quantitative estimate of drug-likeness (QED) is 0.402. The van der Waals surface area contributed by atoms with Gasteiger partial charge in [-0.25, -0.2) is 4.79 Å². The summed E-state index contributed by atoms with van der Waals surface area (Å²) in [6, 6.07) is 0. The van der Waals surface area contributed by atoms with Crippen molar-refractivity contribution in [3.63, 3.8) is 0 Å². The third kappa shape index (κ3) is 25.9. The van der Waals surface area contributed by atoms with E-state index in [1.165, 1.54) is 26.2 Å². The van der Waals surface area contributed by atoms with Crippen molar-refractivity contribution < 1.29 is 55.9 Å². The van der Waals surface area contributed by atoms with Crippen LogP contribution >= 0.6 is 0 Å². The molecule has 6 heteroatoms. The summed E-state index contributed by atoms with van der Waals surface area (Å²) in [4.78, 5) is 19.5. The Morgan fingerprint density at radius 2 is 1.53 bits per heavy atom. The smallest absolute Gasteiger partial charge is 1.00 e. The molecule has 0 aromatic carbocycles. The fourth-order valence-electron chi connectivity index (χ4n) is 0.880. The van der Waals surface area contributed by atoms with E-state index >= 15 is 0 Å². The van der Waals surface area contributed by atoms with E-state index < -0.39 is 18.0 Å². The van der Waals surface area contributed by atoms with Gasteiger partial charge in [-0.1, -0.05) is 32.6 Å². The van der Waals surface area contributed by atoms with Gasteiger partial charge in [0.1, 0.15) is 6.10 Å². The molecule has 0 amide bonds. The van der Waals surface area contributed by atoms with Gasteiger partial charge in [0.25, 0.3) is 0 Å². The first-order chi connectivity index (χ1) is 7.41. The van der Waals surface area contributed by atoms with Crippen molar-refractivity contribution in [2.24, 2.45) is 0 Å². The molecule has 0 heterocycles. The molecule has 0 fully saturated rings. The van der Waals surface area contributed by atoms with Crippen LogP contribution in [0.3, 0.4) is 0 Å². The second-order valence-corrected chi connectivity index (χ2v) is 3.57. The molecule has 0 saturated heterocycles. The van der Waals surface area contributed by atoms with Crippen molar-refractivity contribution in [1.29, 1.82) is 0 Å². The van der Waals surface area contributed by atoms with Gasteiger partial charge in [0.15, 0.2) is 0 Å². The van der Waals surface area contributed by atoms with Gasteiger partial charge < -0.3 is 16.7 Å². The van der Waals surface area contributed by atoms with Crippen LogP contribution in [0.25, 0.3) is 0 Å². The summed E-state index contributed by atoms with van der Waals surface area (Å²) in [5.41, 5.74) is 0. The van der Waals surface area contributed by atoms with Crippen molar-refractivity contribution >= 4 is 11.9 Å². The molecule has 1 atom stereocenters. The van der Waals surface area contributed by atoms with Crippen molar-refractivity contribution in [3.05, 3.63) is 0 Å². The molecule has 3 N–H and O–H groups in total. The predicted molar refractivity (Wildman–Crippen MR) is 61.4 cm³/mol. The number of rotatable bonds is 7. The van der Waals surface area contributed by atoms with Crippen LogP contribution in [0.4, 0.5) is 0 Å². The van der Waals surface area contributed by atoms with Crippen LogP contribution < -0.4 is 29.6 Å². The number of hydrogen-bond acceptors (Lipinski definition) is 3. The van der Waals surface area contributed by atoms with E-state index in [9.17, 15) is 9.59 Å². The molecule has 0 rings (SSSR count). The zero-order valence-corrected chi connectivity index (χ0v) is 13.0. The summed E-state index contributed by atoms with van der Waals surface area (Å²) in [6.07, 6.45) is 4.65. The van der Waals surface area contributed by atoms with Gasteiger partial charge in [0.05, 0.1) is 0 Å². The Labute approximate surface area is 126 Å². The first-order valence-corrected chi connectivity index (χ1v) is 5.54. The maximum atomic E-state index is 10.0. The second kappa shape index (κ2) is 15.9. The molecule has 0 saturated carbocycles. The summed E-state index contributed by atoms with van der Waals surface area (Å²) < 4.78 is 0. The maximum Gasteiger partial charge on any atom is 1.00 e. The van der Waals surface area contributed by atoms with Crippen LogP contribution in [0.2, 0.25) is 0 Å². The molecule has 0 aliphatic carbocycles. The first-order valence-electron chi connectivity index (χ1n) is 5.54. The van der Waals surface area contributed by atoms with E-state index in [4.69, 9.17) is 15.3 Å². The molecule has 0 aliphatic heterocycles. The van der Waals surface area contributed by atoms with Crippen molar-refractivity contribution in [3.8, 4) is 0 Å². The normalized spacial score (nSPS) is 10.5. The number of aliphatic hydroxyl groups excluding tert-OH is 1. The number of carboxylic acids is 2. The summed E-state index contributed by atoms with van der Waals surface area (Å²) in [7, 11) is 0. The van der Waals surface area contributed by atoms with Crippen LogP contribution in [0, 0.1) is 0 Å². The number of aliphatic carboxylic acids is 2. The minimum Gasteiger partial charge on any atom is -1.00 e. The van der Waals surface area contributed by atoms with E-state index in [-0.39, 0.29) is 31.0 Å². The first kappa shape index (κ1) is 22.1. The molecular weight excluding hydrogens is 235 g/mol. The van der Waals surface area contributed by atoms with E-state index in [2.05, 4.69) is 6.92 Å². The number of hydrogen-bond donors (Lipinski definition) is 3. The van der Waals surface area contributed by atoms with Crippen LogP contribution in [0.1, 0.15) is 53.8 Å². The summed E-state index contributed by atoms with van der Waals surface area (Å²) >= 11 is 0. The zero-order chi connectivity index (χ0) is 13.0. The summed E-state index contributed by atoms with van der Waals surface area (Å²) in [6.45, 7) is 3.35.